The van der Waals surface area contributed by atoms with Crippen LogP contribution in [0.5, 0.6) is 0 Å². The first-order valence-electron chi connectivity index (χ1n) is 8.72. The molecule has 3 amide bonds. The molecular formula is C18H24ClN3O4. The molecule has 0 aromatic heterocycles. The summed E-state index contributed by atoms with van der Waals surface area (Å²) in [6.07, 6.45) is 4.29. The van der Waals surface area contributed by atoms with Crippen LogP contribution in [0.15, 0.2) is 24.3 Å². The SMILES string of the molecule is O=C(CNC(=O)NCc1ccc(Cl)cc1)NC1(C(=O)O)CCCCCC1. The van der Waals surface area contributed by atoms with Crippen LogP contribution in [0.4, 0.5) is 4.79 Å². The van der Waals surface area contributed by atoms with Gasteiger partial charge in [0.2, 0.25) is 5.91 Å². The summed E-state index contributed by atoms with van der Waals surface area (Å²) in [5.41, 5.74) is -0.355. The molecule has 7 nitrogen and oxygen atoms in total. The third-order valence-electron chi connectivity index (χ3n) is 4.52. The number of amides is 3. The Hall–Kier alpha value is -2.28. The standard InChI is InChI=1S/C18H24ClN3O4/c19-14-7-5-13(6-8-14)11-20-17(26)21-12-15(23)22-18(16(24)25)9-3-1-2-4-10-18/h5-8H,1-4,9-12H2,(H,22,23)(H,24,25)(H2,20,21,26). The van der Waals surface area contributed by atoms with Crippen LogP contribution in [-0.4, -0.2) is 35.1 Å². The molecule has 0 heterocycles. The van der Waals surface area contributed by atoms with Crippen molar-refractivity contribution in [3.05, 3.63) is 34.9 Å². The van der Waals surface area contributed by atoms with E-state index in [2.05, 4.69) is 16.0 Å². The normalized spacial score (nSPS) is 16.2. The molecule has 1 saturated carbocycles. The second-order valence-corrected chi connectivity index (χ2v) is 6.95. The molecule has 0 aliphatic heterocycles. The van der Waals surface area contributed by atoms with E-state index in [0.29, 0.717) is 24.4 Å². The van der Waals surface area contributed by atoms with Crippen LogP contribution in [-0.2, 0) is 16.1 Å². The van der Waals surface area contributed by atoms with E-state index in [9.17, 15) is 19.5 Å². The molecule has 0 saturated heterocycles. The molecule has 142 valence electrons. The van der Waals surface area contributed by atoms with E-state index in [1.54, 1.807) is 24.3 Å². The number of hydrogen-bond acceptors (Lipinski definition) is 3. The Morgan fingerprint density at radius 3 is 2.19 bits per heavy atom. The highest BCUT2D eigenvalue weighted by Gasteiger charge is 2.39. The predicted octanol–water partition coefficient (Wildman–Crippen LogP) is 2.43. The van der Waals surface area contributed by atoms with E-state index in [-0.39, 0.29) is 6.54 Å². The maximum Gasteiger partial charge on any atom is 0.329 e. The van der Waals surface area contributed by atoms with Crippen LogP contribution in [0.1, 0.15) is 44.1 Å². The Kier molecular flexibility index (Phi) is 7.26. The molecule has 1 aromatic rings. The first-order chi connectivity index (χ1) is 12.4. The number of nitrogens with one attached hydrogen (secondary N) is 3. The van der Waals surface area contributed by atoms with Crippen LogP contribution in [0.2, 0.25) is 5.02 Å². The van der Waals surface area contributed by atoms with E-state index in [1.807, 2.05) is 0 Å². The number of carbonyl (C=O) groups is 3. The molecule has 1 aromatic carbocycles. The van der Waals surface area contributed by atoms with Gasteiger partial charge in [0.05, 0.1) is 6.54 Å². The Bertz CT molecular complexity index is 640. The number of carboxylic acid groups (broad SMARTS) is 1. The number of urea groups is 1. The maximum absolute atomic E-state index is 12.1. The van der Waals surface area contributed by atoms with Crippen molar-refractivity contribution < 1.29 is 19.5 Å². The van der Waals surface area contributed by atoms with Gasteiger partial charge in [0, 0.05) is 11.6 Å². The minimum Gasteiger partial charge on any atom is -0.480 e. The fourth-order valence-electron chi connectivity index (χ4n) is 3.04. The molecular weight excluding hydrogens is 358 g/mol. The summed E-state index contributed by atoms with van der Waals surface area (Å²) < 4.78 is 0. The van der Waals surface area contributed by atoms with E-state index >= 15 is 0 Å². The number of halogens is 1. The van der Waals surface area contributed by atoms with Gasteiger partial charge in [0.15, 0.2) is 0 Å². The van der Waals surface area contributed by atoms with Crippen LogP contribution < -0.4 is 16.0 Å². The van der Waals surface area contributed by atoms with Crippen LogP contribution in [0.25, 0.3) is 0 Å². The van der Waals surface area contributed by atoms with Crippen LogP contribution >= 0.6 is 11.6 Å². The van der Waals surface area contributed by atoms with Crippen molar-refractivity contribution in [3.8, 4) is 0 Å². The lowest BCUT2D eigenvalue weighted by Gasteiger charge is -2.29. The van der Waals surface area contributed by atoms with Gasteiger partial charge in [-0.15, -0.1) is 0 Å². The molecule has 1 aliphatic carbocycles. The van der Waals surface area contributed by atoms with Crippen molar-refractivity contribution in [2.75, 3.05) is 6.54 Å². The summed E-state index contributed by atoms with van der Waals surface area (Å²) >= 11 is 5.80. The van der Waals surface area contributed by atoms with Gasteiger partial charge >= 0.3 is 12.0 Å². The van der Waals surface area contributed by atoms with E-state index < -0.39 is 23.4 Å². The predicted molar refractivity (Wildman–Crippen MR) is 97.9 cm³/mol. The topological polar surface area (TPSA) is 108 Å². The summed E-state index contributed by atoms with van der Waals surface area (Å²) in [6.45, 7) is 0.0190. The maximum atomic E-state index is 12.1. The molecule has 1 fully saturated rings. The lowest BCUT2D eigenvalue weighted by atomic mass is 9.90. The Balaban J connectivity index is 1.78. The average Bonchev–Trinajstić information content (AvgIpc) is 2.86. The van der Waals surface area contributed by atoms with Crippen molar-refractivity contribution in [3.63, 3.8) is 0 Å². The molecule has 2 rings (SSSR count). The third-order valence-corrected chi connectivity index (χ3v) is 4.77. The summed E-state index contributed by atoms with van der Waals surface area (Å²) in [7, 11) is 0. The number of aliphatic carboxylic acids is 1. The smallest absolute Gasteiger partial charge is 0.329 e. The van der Waals surface area contributed by atoms with Crippen molar-refractivity contribution >= 4 is 29.5 Å². The summed E-state index contributed by atoms with van der Waals surface area (Å²) in [5, 5.41) is 17.8. The van der Waals surface area contributed by atoms with Crippen molar-refractivity contribution in [2.24, 2.45) is 0 Å². The zero-order chi connectivity index (χ0) is 19.0. The van der Waals surface area contributed by atoms with Gasteiger partial charge in [-0.25, -0.2) is 9.59 Å². The van der Waals surface area contributed by atoms with Crippen molar-refractivity contribution in [1.29, 1.82) is 0 Å². The monoisotopic (exact) mass is 381 g/mol. The highest BCUT2D eigenvalue weighted by Crippen LogP contribution is 2.27. The van der Waals surface area contributed by atoms with Crippen molar-refractivity contribution in [2.45, 2.75) is 50.6 Å². The molecule has 0 radical (unpaired) electrons. The summed E-state index contributed by atoms with van der Waals surface area (Å²) in [4.78, 5) is 35.6. The fourth-order valence-corrected chi connectivity index (χ4v) is 3.17. The first-order valence-corrected chi connectivity index (χ1v) is 9.10. The third kappa shape index (κ3) is 5.91. The molecule has 0 spiro atoms. The fraction of sp³-hybridized carbons (Fsp3) is 0.500. The largest absolute Gasteiger partial charge is 0.480 e. The van der Waals surface area contributed by atoms with Gasteiger partial charge in [0.1, 0.15) is 5.54 Å². The molecule has 1 aliphatic rings. The Labute approximate surface area is 157 Å². The van der Waals surface area contributed by atoms with Gasteiger partial charge in [-0.05, 0) is 30.5 Å². The highest BCUT2D eigenvalue weighted by atomic mass is 35.5. The number of carbonyl (C=O) groups excluding carboxylic acids is 2. The van der Waals surface area contributed by atoms with E-state index in [4.69, 9.17) is 11.6 Å². The first kappa shape index (κ1) is 20.0. The lowest BCUT2D eigenvalue weighted by molar-refractivity contribution is -0.148. The van der Waals surface area contributed by atoms with Gasteiger partial charge < -0.3 is 21.1 Å². The molecule has 0 bridgehead atoms. The highest BCUT2D eigenvalue weighted by molar-refractivity contribution is 6.30. The van der Waals surface area contributed by atoms with Gasteiger partial charge in [-0.1, -0.05) is 49.4 Å². The van der Waals surface area contributed by atoms with Gasteiger partial charge in [-0.2, -0.15) is 0 Å². The molecule has 0 unspecified atom stereocenters. The molecule has 4 N–H and O–H groups in total. The Morgan fingerprint density at radius 1 is 1.00 bits per heavy atom. The van der Waals surface area contributed by atoms with Crippen LogP contribution in [0.3, 0.4) is 0 Å². The molecule has 0 atom stereocenters. The number of hydrogen-bond donors (Lipinski definition) is 4. The van der Waals surface area contributed by atoms with Crippen LogP contribution in [0, 0.1) is 0 Å². The Morgan fingerprint density at radius 2 is 1.62 bits per heavy atom. The average molecular weight is 382 g/mol. The molecule has 26 heavy (non-hydrogen) atoms. The number of carboxylic acids is 1. The van der Waals surface area contributed by atoms with E-state index in [1.165, 1.54) is 0 Å². The zero-order valence-electron chi connectivity index (χ0n) is 14.5. The van der Waals surface area contributed by atoms with Gasteiger partial charge in [-0.3, -0.25) is 4.79 Å². The number of rotatable bonds is 6. The molecule has 8 heteroatoms. The van der Waals surface area contributed by atoms with Gasteiger partial charge in [0.25, 0.3) is 0 Å². The van der Waals surface area contributed by atoms with Crippen molar-refractivity contribution in [1.82, 2.24) is 16.0 Å². The minimum atomic E-state index is -1.23. The second kappa shape index (κ2) is 9.43. The number of benzene rings is 1. The van der Waals surface area contributed by atoms with E-state index in [0.717, 1.165) is 31.2 Å². The lowest BCUT2D eigenvalue weighted by Crippen LogP contribution is -2.56. The summed E-state index contributed by atoms with van der Waals surface area (Å²) in [5.74, 6) is -1.52. The second-order valence-electron chi connectivity index (χ2n) is 6.51. The minimum absolute atomic E-state index is 0.276. The summed E-state index contributed by atoms with van der Waals surface area (Å²) in [6, 6.07) is 6.53. The quantitative estimate of drug-likeness (QED) is 0.567. The zero-order valence-corrected chi connectivity index (χ0v) is 15.3.